The van der Waals surface area contributed by atoms with Crippen LogP contribution in [0.3, 0.4) is 0 Å². The fraction of sp³-hybridized carbons (Fsp3) is 0.533. The molecule has 0 unspecified atom stereocenters. The molecule has 0 atom stereocenters. The topological polar surface area (TPSA) is 92.3 Å². The van der Waals surface area contributed by atoms with Gasteiger partial charge in [0.15, 0.2) is 5.67 Å². The maximum absolute atomic E-state index is 14.9. The van der Waals surface area contributed by atoms with Crippen molar-refractivity contribution in [2.75, 3.05) is 13.1 Å². The number of nitrogens with zero attached hydrogens (tertiary/aromatic N) is 3. The Morgan fingerprint density at radius 3 is 2.68 bits per heavy atom. The van der Waals surface area contributed by atoms with Gasteiger partial charge in [0.25, 0.3) is 5.91 Å². The quantitative estimate of drug-likeness (QED) is 0.862. The molecule has 1 aliphatic heterocycles. The highest BCUT2D eigenvalue weighted by Crippen LogP contribution is 2.32. The number of halogens is 1. The largest absolute Gasteiger partial charge is 0.351 e. The first kappa shape index (κ1) is 16.8. The zero-order valence-corrected chi connectivity index (χ0v) is 14.9. The minimum Gasteiger partial charge on any atom is -0.351 e. The number of hydrogen-bond acceptors (Lipinski definition) is 6. The Balaban J connectivity index is 1.53. The van der Waals surface area contributed by atoms with Gasteiger partial charge in [-0.2, -0.15) is 13.1 Å². The molecule has 134 valence electrons. The van der Waals surface area contributed by atoms with E-state index in [1.54, 1.807) is 12.1 Å². The van der Waals surface area contributed by atoms with Gasteiger partial charge in [0.1, 0.15) is 15.9 Å². The van der Waals surface area contributed by atoms with Gasteiger partial charge in [-0.3, -0.25) is 4.79 Å². The Labute approximate surface area is 148 Å². The second kappa shape index (κ2) is 5.96. The molecule has 10 heteroatoms. The van der Waals surface area contributed by atoms with E-state index >= 15 is 0 Å². The van der Waals surface area contributed by atoms with Crippen LogP contribution in [0.15, 0.2) is 23.1 Å². The van der Waals surface area contributed by atoms with Crippen LogP contribution in [0.2, 0.25) is 0 Å². The summed E-state index contributed by atoms with van der Waals surface area (Å²) >= 11 is 0.949. The van der Waals surface area contributed by atoms with Crippen molar-refractivity contribution in [2.45, 2.75) is 42.3 Å². The molecular weight excluding hydrogens is 367 g/mol. The number of hydrogen-bond donors (Lipinski definition) is 1. The SMILES string of the molecule is O=C(NC1CC1)C1(F)CCN(S(=O)(=O)c2cccc3nsnc23)CC1. The number of carbonyl (C=O) groups excluding carboxylic acids is 1. The Morgan fingerprint density at radius 1 is 1.28 bits per heavy atom. The Hall–Kier alpha value is -1.65. The number of rotatable bonds is 4. The Bertz CT molecular complexity index is 918. The second-order valence-corrected chi connectivity index (χ2v) is 8.94. The van der Waals surface area contributed by atoms with E-state index in [0.29, 0.717) is 11.0 Å². The molecule has 25 heavy (non-hydrogen) atoms. The van der Waals surface area contributed by atoms with E-state index in [2.05, 4.69) is 14.1 Å². The number of nitrogens with one attached hydrogen (secondary N) is 1. The van der Waals surface area contributed by atoms with Gasteiger partial charge < -0.3 is 5.32 Å². The highest BCUT2D eigenvalue weighted by molar-refractivity contribution is 7.89. The highest BCUT2D eigenvalue weighted by Gasteiger charge is 2.45. The lowest BCUT2D eigenvalue weighted by atomic mass is 9.93. The van der Waals surface area contributed by atoms with Crippen molar-refractivity contribution in [1.29, 1.82) is 0 Å². The van der Waals surface area contributed by atoms with E-state index < -0.39 is 21.6 Å². The van der Waals surface area contributed by atoms with Crippen LogP contribution in [-0.2, 0) is 14.8 Å². The van der Waals surface area contributed by atoms with Crippen LogP contribution in [0.4, 0.5) is 4.39 Å². The van der Waals surface area contributed by atoms with Crippen LogP contribution in [0.5, 0.6) is 0 Å². The lowest BCUT2D eigenvalue weighted by Gasteiger charge is -2.34. The minimum absolute atomic E-state index is 0.0368. The maximum Gasteiger partial charge on any atom is 0.257 e. The maximum atomic E-state index is 14.9. The van der Waals surface area contributed by atoms with E-state index in [4.69, 9.17) is 0 Å². The summed E-state index contributed by atoms with van der Waals surface area (Å²) < 4.78 is 50.0. The summed E-state index contributed by atoms with van der Waals surface area (Å²) in [4.78, 5) is 12.1. The van der Waals surface area contributed by atoms with Crippen molar-refractivity contribution in [3.8, 4) is 0 Å². The van der Waals surface area contributed by atoms with E-state index in [1.165, 1.54) is 10.4 Å². The lowest BCUT2D eigenvalue weighted by Crippen LogP contribution is -2.52. The Morgan fingerprint density at radius 2 is 2.00 bits per heavy atom. The number of alkyl halides is 1. The van der Waals surface area contributed by atoms with Crippen LogP contribution in [0, 0.1) is 0 Å². The van der Waals surface area contributed by atoms with Crippen molar-refractivity contribution in [3.63, 3.8) is 0 Å². The summed E-state index contributed by atoms with van der Waals surface area (Å²) in [5, 5.41) is 2.67. The molecule has 2 aliphatic rings. The molecule has 2 aromatic rings. The third-order valence-corrected chi connectivity index (χ3v) is 7.17. The van der Waals surface area contributed by atoms with Gasteiger partial charge in [-0.25, -0.2) is 12.8 Å². The predicted octanol–water partition coefficient (Wildman–Crippen LogP) is 1.46. The molecule has 7 nitrogen and oxygen atoms in total. The smallest absolute Gasteiger partial charge is 0.257 e. The average molecular weight is 384 g/mol. The molecule has 1 amide bonds. The molecule has 0 radical (unpaired) electrons. The van der Waals surface area contributed by atoms with Crippen molar-refractivity contribution < 1.29 is 17.6 Å². The van der Waals surface area contributed by atoms with E-state index in [1.807, 2.05) is 0 Å². The predicted molar refractivity (Wildman–Crippen MR) is 90.4 cm³/mol. The van der Waals surface area contributed by atoms with Crippen LogP contribution < -0.4 is 5.32 Å². The van der Waals surface area contributed by atoms with Crippen molar-refractivity contribution in [2.24, 2.45) is 0 Å². The molecule has 1 aliphatic carbocycles. The number of piperidine rings is 1. The fourth-order valence-electron chi connectivity index (χ4n) is 2.98. The van der Waals surface area contributed by atoms with Gasteiger partial charge in [0, 0.05) is 32.0 Å². The van der Waals surface area contributed by atoms with Crippen molar-refractivity contribution in [3.05, 3.63) is 18.2 Å². The third-order valence-electron chi connectivity index (χ3n) is 4.70. The minimum atomic E-state index is -3.81. The third kappa shape index (κ3) is 3.02. The number of carbonyl (C=O) groups is 1. The lowest BCUT2D eigenvalue weighted by molar-refractivity contribution is -0.135. The standard InChI is InChI=1S/C15H17FN4O3S2/c16-15(14(21)17-10-4-5-10)6-8-20(9-7-15)25(22,23)12-3-1-2-11-13(12)19-24-18-11/h1-3,10H,4-9H2,(H,17,21). The Kier molecular flexibility index (Phi) is 4.00. The molecule has 1 aromatic carbocycles. The molecule has 2 heterocycles. The van der Waals surface area contributed by atoms with Gasteiger partial charge in [0.2, 0.25) is 10.0 Å². The molecule has 4 rings (SSSR count). The monoisotopic (exact) mass is 384 g/mol. The first-order chi connectivity index (χ1) is 11.9. The zero-order valence-electron chi connectivity index (χ0n) is 13.3. The second-order valence-electron chi connectivity index (χ2n) is 6.51. The summed E-state index contributed by atoms with van der Waals surface area (Å²) in [6.45, 7) is -0.0737. The summed E-state index contributed by atoms with van der Waals surface area (Å²) in [5.41, 5.74) is -1.15. The number of benzene rings is 1. The first-order valence-corrected chi connectivity index (χ1v) is 10.3. The average Bonchev–Trinajstić information content (AvgIpc) is 3.27. The van der Waals surface area contributed by atoms with E-state index in [-0.39, 0.29) is 36.9 Å². The van der Waals surface area contributed by atoms with Gasteiger partial charge >= 0.3 is 0 Å². The molecule has 1 aromatic heterocycles. The van der Waals surface area contributed by atoms with E-state index in [9.17, 15) is 17.6 Å². The van der Waals surface area contributed by atoms with Crippen LogP contribution in [0.1, 0.15) is 25.7 Å². The van der Waals surface area contributed by atoms with Crippen molar-refractivity contribution in [1.82, 2.24) is 18.4 Å². The summed E-state index contributed by atoms with van der Waals surface area (Å²) in [7, 11) is -3.81. The zero-order chi connectivity index (χ0) is 17.7. The molecule has 2 fully saturated rings. The van der Waals surface area contributed by atoms with Crippen molar-refractivity contribution >= 4 is 38.7 Å². The molecule has 0 spiro atoms. The summed E-state index contributed by atoms with van der Waals surface area (Å²) in [5.74, 6) is -0.613. The summed E-state index contributed by atoms with van der Waals surface area (Å²) in [6, 6.07) is 4.87. The van der Waals surface area contributed by atoms with Gasteiger partial charge in [-0.15, -0.1) is 0 Å². The molecule has 0 bridgehead atoms. The molecule has 1 saturated heterocycles. The van der Waals surface area contributed by atoms with Gasteiger partial charge in [0.05, 0.1) is 11.7 Å². The number of aromatic nitrogens is 2. The number of fused-ring (bicyclic) bond motifs is 1. The van der Waals surface area contributed by atoms with Crippen LogP contribution >= 0.6 is 11.7 Å². The summed E-state index contributed by atoms with van der Waals surface area (Å²) in [6.07, 6.45) is 1.48. The fourth-order valence-corrected chi connectivity index (χ4v) is 5.17. The van der Waals surface area contributed by atoms with E-state index in [0.717, 1.165) is 24.6 Å². The van der Waals surface area contributed by atoms with Crippen LogP contribution in [-0.4, -0.2) is 52.2 Å². The molecule has 1 N–H and O–H groups in total. The number of sulfonamides is 1. The van der Waals surface area contributed by atoms with Crippen LogP contribution in [0.25, 0.3) is 11.0 Å². The molecular formula is C15H17FN4O3S2. The molecule has 1 saturated carbocycles. The number of amides is 1. The highest BCUT2D eigenvalue weighted by atomic mass is 32.2. The van der Waals surface area contributed by atoms with Gasteiger partial charge in [-0.05, 0) is 25.0 Å². The normalized spacial score (nSPS) is 21.3. The van der Waals surface area contributed by atoms with Gasteiger partial charge in [-0.1, -0.05) is 6.07 Å². The first-order valence-electron chi connectivity index (χ1n) is 8.11.